The standard InChI is InChI=1S/C19H22/c1-14(2)7-8-15-9-11-16(12-10-15)19-13-17-5-3-4-6-18(17)19/h3-6,9-12,14,19H,7-8,13H2,1-2H3. The van der Waals surface area contributed by atoms with Crippen LogP contribution >= 0.6 is 0 Å². The minimum absolute atomic E-state index is 0.635. The molecule has 98 valence electrons. The van der Waals surface area contributed by atoms with Gasteiger partial charge in [-0.2, -0.15) is 0 Å². The van der Waals surface area contributed by atoms with Gasteiger partial charge in [-0.25, -0.2) is 0 Å². The predicted octanol–water partition coefficient (Wildman–Crippen LogP) is 4.96. The van der Waals surface area contributed by atoms with Crippen LogP contribution in [-0.4, -0.2) is 0 Å². The van der Waals surface area contributed by atoms with E-state index < -0.39 is 0 Å². The topological polar surface area (TPSA) is 0 Å². The molecular weight excluding hydrogens is 228 g/mol. The number of rotatable bonds is 4. The van der Waals surface area contributed by atoms with Gasteiger partial charge < -0.3 is 0 Å². The molecule has 0 heteroatoms. The molecule has 0 aromatic heterocycles. The van der Waals surface area contributed by atoms with Gasteiger partial charge in [0, 0.05) is 5.92 Å². The molecule has 1 aliphatic rings. The highest BCUT2D eigenvalue weighted by Gasteiger charge is 2.26. The zero-order valence-electron chi connectivity index (χ0n) is 11.9. The first kappa shape index (κ1) is 12.5. The summed E-state index contributed by atoms with van der Waals surface area (Å²) in [5.74, 6) is 1.42. The maximum Gasteiger partial charge on any atom is 0.0133 e. The highest BCUT2D eigenvalue weighted by Crippen LogP contribution is 2.39. The van der Waals surface area contributed by atoms with Crippen molar-refractivity contribution in [2.75, 3.05) is 0 Å². The second-order valence-electron chi connectivity index (χ2n) is 6.13. The van der Waals surface area contributed by atoms with Gasteiger partial charge in [0.2, 0.25) is 0 Å². The van der Waals surface area contributed by atoms with E-state index in [1.165, 1.54) is 41.5 Å². The molecule has 0 N–H and O–H groups in total. The van der Waals surface area contributed by atoms with Crippen LogP contribution in [0.25, 0.3) is 0 Å². The summed E-state index contributed by atoms with van der Waals surface area (Å²) in [7, 11) is 0. The molecule has 1 unspecified atom stereocenters. The molecule has 0 aliphatic heterocycles. The normalized spacial score (nSPS) is 17.1. The zero-order valence-corrected chi connectivity index (χ0v) is 11.9. The molecule has 0 spiro atoms. The Hall–Kier alpha value is -1.56. The van der Waals surface area contributed by atoms with Crippen molar-refractivity contribution >= 4 is 0 Å². The number of hydrogen-bond donors (Lipinski definition) is 0. The second-order valence-corrected chi connectivity index (χ2v) is 6.13. The van der Waals surface area contributed by atoms with Crippen LogP contribution in [-0.2, 0) is 12.8 Å². The fourth-order valence-corrected chi connectivity index (χ4v) is 2.93. The predicted molar refractivity (Wildman–Crippen MR) is 81.6 cm³/mol. The Morgan fingerprint density at radius 1 is 1.00 bits per heavy atom. The number of aryl methyl sites for hydroxylation is 1. The van der Waals surface area contributed by atoms with E-state index in [0.717, 1.165) is 5.92 Å². The summed E-state index contributed by atoms with van der Waals surface area (Å²) in [4.78, 5) is 0. The quantitative estimate of drug-likeness (QED) is 0.719. The van der Waals surface area contributed by atoms with Crippen molar-refractivity contribution < 1.29 is 0 Å². The van der Waals surface area contributed by atoms with Gasteiger partial charge in [0.05, 0.1) is 0 Å². The molecule has 2 aromatic rings. The van der Waals surface area contributed by atoms with Crippen LogP contribution in [0.15, 0.2) is 48.5 Å². The summed E-state index contributed by atoms with van der Waals surface area (Å²) in [6.45, 7) is 4.58. The summed E-state index contributed by atoms with van der Waals surface area (Å²) < 4.78 is 0. The van der Waals surface area contributed by atoms with Gasteiger partial charge in [0.15, 0.2) is 0 Å². The van der Waals surface area contributed by atoms with Crippen molar-refractivity contribution in [3.05, 3.63) is 70.8 Å². The van der Waals surface area contributed by atoms with E-state index in [-0.39, 0.29) is 0 Å². The van der Waals surface area contributed by atoms with Crippen molar-refractivity contribution in [1.29, 1.82) is 0 Å². The van der Waals surface area contributed by atoms with Gasteiger partial charge in [-0.15, -0.1) is 0 Å². The molecule has 0 fully saturated rings. The summed E-state index contributed by atoms with van der Waals surface area (Å²) in [5, 5.41) is 0. The first-order valence-corrected chi connectivity index (χ1v) is 7.40. The summed E-state index contributed by atoms with van der Waals surface area (Å²) in [6, 6.07) is 18.1. The highest BCUT2D eigenvalue weighted by atomic mass is 14.3. The lowest BCUT2D eigenvalue weighted by Crippen LogP contribution is -2.17. The molecule has 0 bridgehead atoms. The van der Waals surface area contributed by atoms with Crippen LogP contribution in [0, 0.1) is 5.92 Å². The summed E-state index contributed by atoms with van der Waals surface area (Å²) >= 11 is 0. The molecule has 3 rings (SSSR count). The number of hydrogen-bond acceptors (Lipinski definition) is 0. The van der Waals surface area contributed by atoms with Gasteiger partial charge >= 0.3 is 0 Å². The lowest BCUT2D eigenvalue weighted by atomic mass is 9.74. The van der Waals surface area contributed by atoms with Gasteiger partial charge in [-0.05, 0) is 47.4 Å². The Kier molecular flexibility index (Phi) is 3.42. The zero-order chi connectivity index (χ0) is 13.2. The third-order valence-corrected chi connectivity index (χ3v) is 4.25. The first-order chi connectivity index (χ1) is 9.24. The molecule has 0 heterocycles. The van der Waals surface area contributed by atoms with Crippen molar-refractivity contribution in [3.8, 4) is 0 Å². The van der Waals surface area contributed by atoms with E-state index in [2.05, 4.69) is 62.4 Å². The van der Waals surface area contributed by atoms with Gasteiger partial charge in [0.1, 0.15) is 0 Å². The Bertz CT molecular complexity index is 549. The van der Waals surface area contributed by atoms with Crippen LogP contribution in [0.1, 0.15) is 48.4 Å². The fourth-order valence-electron chi connectivity index (χ4n) is 2.93. The average molecular weight is 250 g/mol. The summed E-state index contributed by atoms with van der Waals surface area (Å²) in [5.41, 5.74) is 6.01. The molecule has 19 heavy (non-hydrogen) atoms. The molecule has 1 aliphatic carbocycles. The minimum Gasteiger partial charge on any atom is -0.0628 e. The molecule has 1 atom stereocenters. The Labute approximate surface area is 116 Å². The Morgan fingerprint density at radius 2 is 1.74 bits per heavy atom. The molecule has 0 radical (unpaired) electrons. The van der Waals surface area contributed by atoms with E-state index in [4.69, 9.17) is 0 Å². The lowest BCUT2D eigenvalue weighted by Gasteiger charge is -2.30. The molecule has 0 saturated carbocycles. The van der Waals surface area contributed by atoms with Crippen molar-refractivity contribution in [2.45, 2.75) is 39.0 Å². The van der Waals surface area contributed by atoms with Crippen molar-refractivity contribution in [2.24, 2.45) is 5.92 Å². The lowest BCUT2D eigenvalue weighted by molar-refractivity contribution is 0.586. The van der Waals surface area contributed by atoms with Crippen molar-refractivity contribution in [1.82, 2.24) is 0 Å². The molecule has 0 saturated heterocycles. The monoisotopic (exact) mass is 250 g/mol. The first-order valence-electron chi connectivity index (χ1n) is 7.40. The smallest absolute Gasteiger partial charge is 0.0133 e. The van der Waals surface area contributed by atoms with Crippen LogP contribution in [0.3, 0.4) is 0 Å². The largest absolute Gasteiger partial charge is 0.0628 e. The minimum atomic E-state index is 0.635. The van der Waals surface area contributed by atoms with Gasteiger partial charge in [-0.1, -0.05) is 62.4 Å². The van der Waals surface area contributed by atoms with E-state index >= 15 is 0 Å². The third-order valence-electron chi connectivity index (χ3n) is 4.25. The van der Waals surface area contributed by atoms with Crippen LogP contribution in [0.2, 0.25) is 0 Å². The van der Waals surface area contributed by atoms with E-state index in [9.17, 15) is 0 Å². The number of benzene rings is 2. The number of fused-ring (bicyclic) bond motifs is 1. The van der Waals surface area contributed by atoms with Gasteiger partial charge in [0.25, 0.3) is 0 Å². The van der Waals surface area contributed by atoms with Crippen LogP contribution < -0.4 is 0 Å². The average Bonchev–Trinajstić information content (AvgIpc) is 2.39. The van der Waals surface area contributed by atoms with Gasteiger partial charge in [-0.3, -0.25) is 0 Å². The molecular formula is C19H22. The maximum atomic E-state index is 2.33. The maximum absolute atomic E-state index is 2.33. The Morgan fingerprint density at radius 3 is 2.42 bits per heavy atom. The van der Waals surface area contributed by atoms with Crippen LogP contribution in [0.5, 0.6) is 0 Å². The molecule has 0 amide bonds. The van der Waals surface area contributed by atoms with E-state index in [0.29, 0.717) is 5.92 Å². The van der Waals surface area contributed by atoms with E-state index in [1.54, 1.807) is 0 Å². The van der Waals surface area contributed by atoms with Crippen molar-refractivity contribution in [3.63, 3.8) is 0 Å². The van der Waals surface area contributed by atoms with Crippen LogP contribution in [0.4, 0.5) is 0 Å². The fraction of sp³-hybridized carbons (Fsp3) is 0.368. The third kappa shape index (κ3) is 2.58. The van der Waals surface area contributed by atoms with E-state index in [1.807, 2.05) is 0 Å². The SMILES string of the molecule is CC(C)CCc1ccc(C2Cc3ccccc32)cc1. The summed E-state index contributed by atoms with van der Waals surface area (Å²) in [6.07, 6.45) is 3.70. The molecule has 0 nitrogen and oxygen atoms in total. The highest BCUT2D eigenvalue weighted by molar-refractivity contribution is 5.47. The Balaban J connectivity index is 1.71. The second kappa shape index (κ2) is 5.21. The molecule has 2 aromatic carbocycles.